The first kappa shape index (κ1) is 12.3. The molecule has 0 amide bonds. The van der Waals surface area contributed by atoms with E-state index in [0.29, 0.717) is 17.8 Å². The Morgan fingerprint density at radius 3 is 3.11 bits per heavy atom. The second-order valence-electron chi connectivity index (χ2n) is 4.29. The molecule has 100 valence electrons. The topological polar surface area (TPSA) is 77.8 Å². The van der Waals surface area contributed by atoms with Crippen molar-refractivity contribution in [3.05, 3.63) is 23.7 Å². The summed E-state index contributed by atoms with van der Waals surface area (Å²) in [6.45, 7) is 2.36. The molecule has 0 saturated carbocycles. The molecule has 1 saturated heterocycles. The zero-order chi connectivity index (χ0) is 13.1. The third-order valence-electron chi connectivity index (χ3n) is 2.88. The van der Waals surface area contributed by atoms with E-state index in [2.05, 4.69) is 25.4 Å². The first-order chi connectivity index (χ1) is 9.31. The average molecular weight is 281 g/mol. The molecule has 1 unspecified atom stereocenters. The third-order valence-corrected chi connectivity index (χ3v) is 3.05. The molecule has 1 N–H and O–H groups in total. The Balaban J connectivity index is 1.74. The summed E-state index contributed by atoms with van der Waals surface area (Å²) >= 11 is 5.89. The Labute approximate surface area is 115 Å². The Kier molecular flexibility index (Phi) is 3.56. The summed E-state index contributed by atoms with van der Waals surface area (Å²) in [6.07, 6.45) is 4.46. The summed E-state index contributed by atoms with van der Waals surface area (Å²) < 4.78 is 6.86. The van der Waals surface area contributed by atoms with Gasteiger partial charge in [0.15, 0.2) is 0 Å². The molecule has 0 bridgehead atoms. The van der Waals surface area contributed by atoms with Crippen molar-refractivity contribution in [1.29, 1.82) is 0 Å². The minimum Gasteiger partial charge on any atom is -0.381 e. The second-order valence-corrected chi connectivity index (χ2v) is 4.63. The van der Waals surface area contributed by atoms with Crippen LogP contribution in [0, 0.1) is 5.92 Å². The third kappa shape index (κ3) is 2.99. The molecule has 3 rings (SSSR count). The molecule has 2 aromatic rings. The average Bonchev–Trinajstić information content (AvgIpc) is 3.09. The highest BCUT2D eigenvalue weighted by molar-refractivity contribution is 6.28. The van der Waals surface area contributed by atoms with Gasteiger partial charge in [0, 0.05) is 31.5 Å². The van der Waals surface area contributed by atoms with Gasteiger partial charge >= 0.3 is 0 Å². The van der Waals surface area contributed by atoms with E-state index in [1.807, 2.05) is 0 Å². The fourth-order valence-corrected chi connectivity index (χ4v) is 2.04. The Morgan fingerprint density at radius 1 is 1.42 bits per heavy atom. The van der Waals surface area contributed by atoms with Gasteiger partial charge in [-0.1, -0.05) is 0 Å². The molecule has 3 heterocycles. The van der Waals surface area contributed by atoms with Crippen LogP contribution in [0.1, 0.15) is 6.42 Å². The van der Waals surface area contributed by atoms with Gasteiger partial charge in [-0.15, -0.1) is 0 Å². The number of ether oxygens (including phenoxy) is 1. The van der Waals surface area contributed by atoms with Crippen LogP contribution in [-0.2, 0) is 4.74 Å². The number of rotatable bonds is 4. The fraction of sp³-hybridized carbons (Fsp3) is 0.455. The minimum atomic E-state index is 0.144. The summed E-state index contributed by atoms with van der Waals surface area (Å²) in [6, 6.07) is 1.79. The summed E-state index contributed by atoms with van der Waals surface area (Å²) in [4.78, 5) is 12.4. The lowest BCUT2D eigenvalue weighted by atomic mass is 10.1. The van der Waals surface area contributed by atoms with Crippen molar-refractivity contribution in [1.82, 2.24) is 24.7 Å². The van der Waals surface area contributed by atoms with E-state index < -0.39 is 0 Å². The molecule has 1 fully saturated rings. The van der Waals surface area contributed by atoms with Crippen molar-refractivity contribution in [3.8, 4) is 5.95 Å². The number of halogens is 1. The molecule has 0 radical (unpaired) electrons. The Bertz CT molecular complexity index is 540. The van der Waals surface area contributed by atoms with E-state index in [4.69, 9.17) is 16.3 Å². The molecule has 7 nitrogen and oxygen atoms in total. The molecule has 1 aliphatic rings. The highest BCUT2D eigenvalue weighted by Crippen LogP contribution is 2.14. The monoisotopic (exact) mass is 280 g/mol. The summed E-state index contributed by atoms with van der Waals surface area (Å²) in [7, 11) is 0. The van der Waals surface area contributed by atoms with Gasteiger partial charge in [0.2, 0.25) is 11.2 Å². The molecule has 0 aliphatic carbocycles. The van der Waals surface area contributed by atoms with Crippen LogP contribution in [0.4, 0.5) is 5.95 Å². The largest absolute Gasteiger partial charge is 0.381 e. The number of anilines is 1. The van der Waals surface area contributed by atoms with Gasteiger partial charge in [0.1, 0.15) is 0 Å². The molecular weight excluding hydrogens is 268 g/mol. The molecule has 2 aromatic heterocycles. The van der Waals surface area contributed by atoms with Gasteiger partial charge in [-0.05, 0) is 24.1 Å². The maximum atomic E-state index is 5.89. The van der Waals surface area contributed by atoms with Gasteiger partial charge in [0.25, 0.3) is 5.95 Å². The van der Waals surface area contributed by atoms with Crippen molar-refractivity contribution >= 4 is 17.5 Å². The van der Waals surface area contributed by atoms with Crippen LogP contribution in [0.2, 0.25) is 5.28 Å². The zero-order valence-electron chi connectivity index (χ0n) is 10.2. The molecule has 0 spiro atoms. The second kappa shape index (κ2) is 5.50. The normalized spacial score (nSPS) is 18.7. The predicted molar refractivity (Wildman–Crippen MR) is 69.4 cm³/mol. The number of hydrogen-bond acceptors (Lipinski definition) is 6. The van der Waals surface area contributed by atoms with Crippen LogP contribution >= 0.6 is 11.6 Å². The summed E-state index contributed by atoms with van der Waals surface area (Å²) in [5, 5.41) is 7.37. The highest BCUT2D eigenvalue weighted by atomic mass is 35.5. The van der Waals surface area contributed by atoms with Gasteiger partial charge in [-0.25, -0.2) is 4.68 Å². The fourth-order valence-electron chi connectivity index (χ4n) is 1.89. The lowest BCUT2D eigenvalue weighted by molar-refractivity contribution is 0.187. The van der Waals surface area contributed by atoms with Crippen LogP contribution in [0.15, 0.2) is 18.5 Å². The minimum absolute atomic E-state index is 0.144. The Morgan fingerprint density at radius 2 is 2.37 bits per heavy atom. The lowest BCUT2D eigenvalue weighted by Crippen LogP contribution is -2.17. The number of aromatic nitrogens is 5. The SMILES string of the molecule is Clc1nc(NCC2CCOC2)nc(-n2cccn2)n1. The van der Waals surface area contributed by atoms with Crippen LogP contribution < -0.4 is 5.32 Å². The smallest absolute Gasteiger partial charge is 0.256 e. The molecule has 8 heteroatoms. The van der Waals surface area contributed by atoms with E-state index >= 15 is 0 Å². The van der Waals surface area contributed by atoms with Gasteiger partial charge in [-0.2, -0.15) is 20.1 Å². The van der Waals surface area contributed by atoms with Crippen molar-refractivity contribution in [2.24, 2.45) is 5.92 Å². The van der Waals surface area contributed by atoms with Crippen molar-refractivity contribution in [2.45, 2.75) is 6.42 Å². The predicted octanol–water partition coefficient (Wildman–Crippen LogP) is 1.16. The van der Waals surface area contributed by atoms with Gasteiger partial charge in [0.05, 0.1) is 6.61 Å². The molecule has 0 aromatic carbocycles. The van der Waals surface area contributed by atoms with Gasteiger partial charge < -0.3 is 10.1 Å². The lowest BCUT2D eigenvalue weighted by Gasteiger charge is -2.10. The maximum absolute atomic E-state index is 5.89. The molecule has 1 atom stereocenters. The van der Waals surface area contributed by atoms with E-state index in [-0.39, 0.29) is 5.28 Å². The van der Waals surface area contributed by atoms with Crippen molar-refractivity contribution in [3.63, 3.8) is 0 Å². The van der Waals surface area contributed by atoms with E-state index in [9.17, 15) is 0 Å². The van der Waals surface area contributed by atoms with E-state index in [1.165, 1.54) is 4.68 Å². The molecule has 1 aliphatic heterocycles. The van der Waals surface area contributed by atoms with E-state index in [0.717, 1.165) is 26.2 Å². The van der Waals surface area contributed by atoms with Gasteiger partial charge in [-0.3, -0.25) is 0 Å². The summed E-state index contributed by atoms with van der Waals surface area (Å²) in [5.74, 6) is 1.34. The number of nitrogens with one attached hydrogen (secondary N) is 1. The maximum Gasteiger partial charge on any atom is 0.256 e. The van der Waals surface area contributed by atoms with Crippen molar-refractivity contribution < 1.29 is 4.74 Å². The standard InChI is InChI=1S/C11H13ClN6O/c12-9-15-10(13-6-8-2-5-19-7-8)17-11(16-9)18-4-1-3-14-18/h1,3-4,8H,2,5-7H2,(H,13,15,16,17). The van der Waals surface area contributed by atoms with Crippen LogP contribution in [0.3, 0.4) is 0 Å². The zero-order valence-corrected chi connectivity index (χ0v) is 10.9. The number of nitrogens with zero attached hydrogens (tertiary/aromatic N) is 5. The van der Waals surface area contributed by atoms with Crippen LogP contribution in [0.5, 0.6) is 0 Å². The quantitative estimate of drug-likeness (QED) is 0.905. The van der Waals surface area contributed by atoms with Crippen LogP contribution in [-0.4, -0.2) is 44.5 Å². The number of hydrogen-bond donors (Lipinski definition) is 1. The first-order valence-corrected chi connectivity index (χ1v) is 6.42. The Hall–Kier alpha value is -1.73. The molecular formula is C11H13ClN6O. The van der Waals surface area contributed by atoms with Crippen LogP contribution in [0.25, 0.3) is 5.95 Å². The van der Waals surface area contributed by atoms with Crippen molar-refractivity contribution in [2.75, 3.05) is 25.1 Å². The highest BCUT2D eigenvalue weighted by Gasteiger charge is 2.16. The summed E-state index contributed by atoms with van der Waals surface area (Å²) in [5.41, 5.74) is 0. The van der Waals surface area contributed by atoms with E-state index in [1.54, 1.807) is 18.5 Å². The molecule has 19 heavy (non-hydrogen) atoms. The first-order valence-electron chi connectivity index (χ1n) is 6.04.